The Labute approximate surface area is 108 Å². The largest absolute Gasteiger partial charge is 0.481 e. The highest BCUT2D eigenvalue weighted by molar-refractivity contribution is 5.75. The number of rotatable bonds is 8. The zero-order valence-corrected chi connectivity index (χ0v) is 11.1. The van der Waals surface area contributed by atoms with Gasteiger partial charge in [-0.05, 0) is 18.8 Å². The lowest BCUT2D eigenvalue weighted by Gasteiger charge is -2.25. The quantitative estimate of drug-likeness (QED) is 0.621. The Kier molecular flexibility index (Phi) is 6.54. The molecule has 0 spiro atoms. The molecule has 3 N–H and O–H groups in total. The first-order chi connectivity index (χ1) is 8.63. The normalized spacial score (nSPS) is 16.7. The van der Waals surface area contributed by atoms with Gasteiger partial charge in [-0.2, -0.15) is 0 Å². The molecule has 0 saturated heterocycles. The summed E-state index contributed by atoms with van der Waals surface area (Å²) >= 11 is 0. The summed E-state index contributed by atoms with van der Waals surface area (Å²) in [6.07, 6.45) is 6.31. The minimum absolute atomic E-state index is 0.207. The second-order valence-corrected chi connectivity index (χ2v) is 5.05. The fourth-order valence-electron chi connectivity index (χ4n) is 2.11. The van der Waals surface area contributed by atoms with Crippen LogP contribution < -0.4 is 10.6 Å². The van der Waals surface area contributed by atoms with Crippen LogP contribution in [-0.4, -0.2) is 30.2 Å². The Bertz CT molecular complexity index is 277. The van der Waals surface area contributed by atoms with E-state index in [0.29, 0.717) is 13.0 Å². The Hall–Kier alpha value is -1.26. The van der Waals surface area contributed by atoms with Crippen LogP contribution in [0.2, 0.25) is 0 Å². The SMILES string of the molecule is CCCC(CNC(=O)NCCC1CCC1)C(=O)O. The molecule has 104 valence electrons. The van der Waals surface area contributed by atoms with E-state index in [9.17, 15) is 9.59 Å². The van der Waals surface area contributed by atoms with Gasteiger partial charge in [-0.15, -0.1) is 0 Å². The van der Waals surface area contributed by atoms with Gasteiger partial charge in [0.1, 0.15) is 0 Å². The van der Waals surface area contributed by atoms with Gasteiger partial charge < -0.3 is 15.7 Å². The molecule has 1 fully saturated rings. The van der Waals surface area contributed by atoms with Crippen LogP contribution in [0.5, 0.6) is 0 Å². The third-order valence-corrected chi connectivity index (χ3v) is 3.56. The highest BCUT2D eigenvalue weighted by atomic mass is 16.4. The number of carboxylic acid groups (broad SMARTS) is 1. The van der Waals surface area contributed by atoms with Crippen LogP contribution >= 0.6 is 0 Å². The molecule has 0 aliphatic heterocycles. The predicted octanol–water partition coefficient (Wildman–Crippen LogP) is 1.98. The molecule has 1 saturated carbocycles. The number of carboxylic acids is 1. The lowest BCUT2D eigenvalue weighted by Crippen LogP contribution is -2.40. The highest BCUT2D eigenvalue weighted by Crippen LogP contribution is 2.28. The summed E-state index contributed by atoms with van der Waals surface area (Å²) in [6, 6.07) is -0.253. The van der Waals surface area contributed by atoms with Crippen LogP contribution in [-0.2, 0) is 4.79 Å². The summed E-state index contributed by atoms with van der Waals surface area (Å²) in [5, 5.41) is 14.3. The second-order valence-electron chi connectivity index (χ2n) is 5.05. The molecule has 2 amide bonds. The van der Waals surface area contributed by atoms with Crippen molar-refractivity contribution in [2.45, 2.75) is 45.4 Å². The van der Waals surface area contributed by atoms with E-state index in [0.717, 1.165) is 18.8 Å². The van der Waals surface area contributed by atoms with Gasteiger partial charge in [-0.1, -0.05) is 32.6 Å². The summed E-state index contributed by atoms with van der Waals surface area (Å²) in [5.41, 5.74) is 0. The molecule has 0 heterocycles. The van der Waals surface area contributed by atoms with Crippen molar-refractivity contribution in [1.29, 1.82) is 0 Å². The molecule has 5 nitrogen and oxygen atoms in total. The first-order valence-electron chi connectivity index (χ1n) is 6.88. The number of carbonyl (C=O) groups is 2. The minimum atomic E-state index is -0.841. The third kappa shape index (κ3) is 5.38. The van der Waals surface area contributed by atoms with Crippen LogP contribution in [0.3, 0.4) is 0 Å². The zero-order chi connectivity index (χ0) is 13.4. The van der Waals surface area contributed by atoms with Crippen molar-refractivity contribution in [2.24, 2.45) is 11.8 Å². The number of nitrogens with one attached hydrogen (secondary N) is 2. The van der Waals surface area contributed by atoms with Gasteiger partial charge in [0.25, 0.3) is 0 Å². The van der Waals surface area contributed by atoms with Crippen molar-refractivity contribution < 1.29 is 14.7 Å². The number of amides is 2. The number of carbonyl (C=O) groups excluding carboxylic acids is 1. The molecule has 0 aromatic rings. The number of hydrogen-bond acceptors (Lipinski definition) is 2. The average Bonchev–Trinajstić information content (AvgIpc) is 2.27. The lowest BCUT2D eigenvalue weighted by atomic mass is 9.83. The van der Waals surface area contributed by atoms with Gasteiger partial charge in [-0.25, -0.2) is 4.79 Å². The second kappa shape index (κ2) is 7.95. The Morgan fingerprint density at radius 1 is 1.33 bits per heavy atom. The summed E-state index contributed by atoms with van der Waals surface area (Å²) < 4.78 is 0. The van der Waals surface area contributed by atoms with Gasteiger partial charge in [-0.3, -0.25) is 4.79 Å². The van der Waals surface area contributed by atoms with E-state index < -0.39 is 11.9 Å². The molecular weight excluding hydrogens is 232 g/mol. The zero-order valence-electron chi connectivity index (χ0n) is 11.1. The Morgan fingerprint density at radius 3 is 2.56 bits per heavy atom. The van der Waals surface area contributed by atoms with Crippen LogP contribution in [0.4, 0.5) is 4.79 Å². The van der Waals surface area contributed by atoms with Crippen molar-refractivity contribution in [3.8, 4) is 0 Å². The Balaban J connectivity index is 2.08. The van der Waals surface area contributed by atoms with Gasteiger partial charge in [0, 0.05) is 13.1 Å². The van der Waals surface area contributed by atoms with Crippen LogP contribution in [0.1, 0.15) is 45.4 Å². The van der Waals surface area contributed by atoms with E-state index in [-0.39, 0.29) is 12.6 Å². The lowest BCUT2D eigenvalue weighted by molar-refractivity contribution is -0.141. The molecule has 1 aliphatic rings. The maximum atomic E-state index is 11.4. The molecule has 0 aromatic carbocycles. The molecule has 1 atom stereocenters. The summed E-state index contributed by atoms with van der Waals surface area (Å²) in [7, 11) is 0. The topological polar surface area (TPSA) is 78.4 Å². The number of aliphatic carboxylic acids is 1. The van der Waals surface area contributed by atoms with Crippen molar-refractivity contribution in [2.75, 3.05) is 13.1 Å². The van der Waals surface area contributed by atoms with Gasteiger partial charge in [0.2, 0.25) is 0 Å². The van der Waals surface area contributed by atoms with Crippen molar-refractivity contribution in [1.82, 2.24) is 10.6 Å². The monoisotopic (exact) mass is 256 g/mol. The third-order valence-electron chi connectivity index (χ3n) is 3.56. The molecule has 1 rings (SSSR count). The van der Waals surface area contributed by atoms with Crippen molar-refractivity contribution in [3.63, 3.8) is 0 Å². The van der Waals surface area contributed by atoms with Gasteiger partial charge in [0.05, 0.1) is 5.92 Å². The highest BCUT2D eigenvalue weighted by Gasteiger charge is 2.18. The molecule has 1 unspecified atom stereocenters. The van der Waals surface area contributed by atoms with Crippen LogP contribution in [0.25, 0.3) is 0 Å². The standard InChI is InChI=1S/C13H24N2O3/c1-2-4-11(12(16)17)9-15-13(18)14-8-7-10-5-3-6-10/h10-11H,2-9H2,1H3,(H,16,17)(H2,14,15,18). The molecule has 1 aliphatic carbocycles. The minimum Gasteiger partial charge on any atom is -0.481 e. The van der Waals surface area contributed by atoms with Crippen molar-refractivity contribution in [3.05, 3.63) is 0 Å². The first kappa shape index (κ1) is 14.8. The van der Waals surface area contributed by atoms with E-state index in [2.05, 4.69) is 10.6 Å². The molecule has 0 aromatic heterocycles. The first-order valence-corrected chi connectivity index (χ1v) is 6.88. The predicted molar refractivity (Wildman–Crippen MR) is 69.4 cm³/mol. The summed E-state index contributed by atoms with van der Waals surface area (Å²) in [6.45, 7) is 2.83. The molecule has 18 heavy (non-hydrogen) atoms. The maximum absolute atomic E-state index is 11.4. The number of urea groups is 1. The van der Waals surface area contributed by atoms with Gasteiger partial charge >= 0.3 is 12.0 Å². The average molecular weight is 256 g/mol. The van der Waals surface area contributed by atoms with Gasteiger partial charge in [0.15, 0.2) is 0 Å². The van der Waals surface area contributed by atoms with E-state index in [1.54, 1.807) is 0 Å². The van der Waals surface area contributed by atoms with E-state index in [4.69, 9.17) is 5.11 Å². The molecule has 0 bridgehead atoms. The number of hydrogen-bond donors (Lipinski definition) is 3. The summed E-state index contributed by atoms with van der Waals surface area (Å²) in [5.74, 6) is -0.545. The van der Waals surface area contributed by atoms with E-state index in [1.165, 1.54) is 19.3 Å². The van der Waals surface area contributed by atoms with Crippen LogP contribution in [0.15, 0.2) is 0 Å². The fourth-order valence-corrected chi connectivity index (χ4v) is 2.11. The van der Waals surface area contributed by atoms with E-state index in [1.807, 2.05) is 6.92 Å². The molecule has 0 radical (unpaired) electrons. The molecular formula is C13H24N2O3. The molecule has 5 heteroatoms. The van der Waals surface area contributed by atoms with E-state index >= 15 is 0 Å². The summed E-state index contributed by atoms with van der Waals surface area (Å²) in [4.78, 5) is 22.3. The maximum Gasteiger partial charge on any atom is 0.314 e. The van der Waals surface area contributed by atoms with Crippen molar-refractivity contribution >= 4 is 12.0 Å². The Morgan fingerprint density at radius 2 is 2.06 bits per heavy atom. The smallest absolute Gasteiger partial charge is 0.314 e. The fraction of sp³-hybridized carbons (Fsp3) is 0.846. The van der Waals surface area contributed by atoms with Crippen LogP contribution in [0, 0.1) is 11.8 Å².